The molecule has 0 unspecified atom stereocenters. The standard InChI is InChI=1S/C20H25FN2O8/c1-11(24)22-15(9-12-6-5-7-13(21)8-12)18(26)23-17(20(28)31-4)14(19(27)30-3)10-16(25)29-2/h5-8,14-15,17H,9-10H2,1-4H3,(H,22,24)(H,23,26)/t14-,15+,17+/m1/s1. The minimum absolute atomic E-state index is 0.100. The van der Waals surface area contributed by atoms with Gasteiger partial charge in [-0.3, -0.25) is 19.2 Å². The van der Waals surface area contributed by atoms with Crippen LogP contribution < -0.4 is 10.6 Å². The van der Waals surface area contributed by atoms with Gasteiger partial charge in [0.2, 0.25) is 11.8 Å². The Balaban J connectivity index is 3.18. The molecule has 0 saturated heterocycles. The molecule has 3 atom stereocenters. The molecule has 31 heavy (non-hydrogen) atoms. The molecule has 1 aromatic rings. The summed E-state index contributed by atoms with van der Waals surface area (Å²) in [6.07, 6.45) is -0.672. The van der Waals surface area contributed by atoms with Gasteiger partial charge < -0.3 is 24.8 Å². The average Bonchev–Trinajstić information content (AvgIpc) is 2.73. The fourth-order valence-electron chi connectivity index (χ4n) is 2.81. The number of carbonyl (C=O) groups excluding carboxylic acids is 5. The highest BCUT2D eigenvalue weighted by atomic mass is 19.1. The van der Waals surface area contributed by atoms with Crippen molar-refractivity contribution < 1.29 is 42.6 Å². The lowest BCUT2D eigenvalue weighted by Crippen LogP contribution is -2.56. The molecule has 1 rings (SSSR count). The Hall–Kier alpha value is -3.50. The van der Waals surface area contributed by atoms with Gasteiger partial charge in [-0.25, -0.2) is 9.18 Å². The summed E-state index contributed by atoms with van der Waals surface area (Å²) in [6.45, 7) is 1.18. The number of carbonyl (C=O) groups is 5. The van der Waals surface area contributed by atoms with Crippen molar-refractivity contribution in [1.29, 1.82) is 0 Å². The van der Waals surface area contributed by atoms with Gasteiger partial charge in [0.1, 0.15) is 17.9 Å². The number of hydrogen-bond donors (Lipinski definition) is 2. The molecule has 0 aromatic heterocycles. The van der Waals surface area contributed by atoms with E-state index in [1.165, 1.54) is 25.1 Å². The van der Waals surface area contributed by atoms with Crippen molar-refractivity contribution in [2.75, 3.05) is 21.3 Å². The molecule has 170 valence electrons. The molecule has 0 heterocycles. The molecule has 0 aliphatic rings. The highest BCUT2D eigenvalue weighted by molar-refractivity contribution is 5.94. The Morgan fingerprint density at radius 2 is 1.61 bits per heavy atom. The van der Waals surface area contributed by atoms with E-state index in [0.717, 1.165) is 21.3 Å². The van der Waals surface area contributed by atoms with Gasteiger partial charge in [0, 0.05) is 13.3 Å². The second-order valence-electron chi connectivity index (χ2n) is 6.51. The number of methoxy groups -OCH3 is 3. The van der Waals surface area contributed by atoms with E-state index in [2.05, 4.69) is 24.8 Å². The predicted octanol–water partition coefficient (Wildman–Crippen LogP) is -0.117. The SMILES string of the molecule is COC(=O)C[C@@H](C(=O)OC)[C@H](NC(=O)[C@H](Cc1cccc(F)c1)NC(C)=O)C(=O)OC. The molecule has 0 spiro atoms. The van der Waals surface area contributed by atoms with Gasteiger partial charge in [-0.05, 0) is 17.7 Å². The third-order valence-electron chi connectivity index (χ3n) is 4.30. The van der Waals surface area contributed by atoms with Gasteiger partial charge in [-0.1, -0.05) is 12.1 Å². The van der Waals surface area contributed by atoms with E-state index in [9.17, 15) is 28.4 Å². The first kappa shape index (κ1) is 25.5. The van der Waals surface area contributed by atoms with Gasteiger partial charge >= 0.3 is 17.9 Å². The fraction of sp³-hybridized carbons (Fsp3) is 0.450. The van der Waals surface area contributed by atoms with E-state index in [1.807, 2.05) is 0 Å². The minimum atomic E-state index is -1.60. The quantitative estimate of drug-likeness (QED) is 0.380. The lowest BCUT2D eigenvalue weighted by Gasteiger charge is -2.26. The van der Waals surface area contributed by atoms with Crippen LogP contribution in [0.4, 0.5) is 4.39 Å². The lowest BCUT2D eigenvalue weighted by atomic mass is 9.95. The van der Waals surface area contributed by atoms with E-state index < -0.39 is 60.0 Å². The molecule has 0 aliphatic carbocycles. The molecule has 0 bridgehead atoms. The molecule has 2 N–H and O–H groups in total. The van der Waals surface area contributed by atoms with Crippen LogP contribution in [0.1, 0.15) is 18.9 Å². The van der Waals surface area contributed by atoms with Crippen molar-refractivity contribution in [3.63, 3.8) is 0 Å². The molecular weight excluding hydrogens is 415 g/mol. The summed E-state index contributed by atoms with van der Waals surface area (Å²) in [7, 11) is 3.17. The molecule has 0 fully saturated rings. The second kappa shape index (κ2) is 12.3. The second-order valence-corrected chi connectivity index (χ2v) is 6.51. The van der Waals surface area contributed by atoms with Crippen LogP contribution in [-0.2, 0) is 44.6 Å². The number of hydrogen-bond acceptors (Lipinski definition) is 8. The Morgan fingerprint density at radius 1 is 0.968 bits per heavy atom. The van der Waals surface area contributed by atoms with E-state index in [0.29, 0.717) is 5.56 Å². The van der Waals surface area contributed by atoms with Crippen molar-refractivity contribution in [3.8, 4) is 0 Å². The summed E-state index contributed by atoms with van der Waals surface area (Å²) in [6, 6.07) is 2.59. The number of benzene rings is 1. The number of ether oxygens (including phenoxy) is 3. The summed E-state index contributed by atoms with van der Waals surface area (Å²) in [5, 5.41) is 4.73. The van der Waals surface area contributed by atoms with E-state index in [4.69, 9.17) is 0 Å². The summed E-state index contributed by atoms with van der Waals surface area (Å²) in [4.78, 5) is 60.6. The molecule has 2 amide bonds. The Labute approximate surface area is 178 Å². The monoisotopic (exact) mass is 440 g/mol. The summed E-state index contributed by atoms with van der Waals surface area (Å²) in [5.74, 6) is -6.17. The zero-order valence-electron chi connectivity index (χ0n) is 17.6. The van der Waals surface area contributed by atoms with Crippen molar-refractivity contribution in [1.82, 2.24) is 10.6 Å². The number of amides is 2. The van der Waals surface area contributed by atoms with Gasteiger partial charge in [-0.2, -0.15) is 0 Å². The maximum absolute atomic E-state index is 13.5. The predicted molar refractivity (Wildman–Crippen MR) is 104 cm³/mol. The van der Waals surface area contributed by atoms with Gasteiger partial charge in [0.15, 0.2) is 0 Å². The van der Waals surface area contributed by atoms with Crippen LogP contribution in [0.15, 0.2) is 24.3 Å². The number of esters is 3. The minimum Gasteiger partial charge on any atom is -0.469 e. The third-order valence-corrected chi connectivity index (χ3v) is 4.30. The molecule has 1 aromatic carbocycles. The van der Waals surface area contributed by atoms with E-state index in [-0.39, 0.29) is 6.42 Å². The first-order valence-electron chi connectivity index (χ1n) is 9.17. The van der Waals surface area contributed by atoms with Crippen LogP contribution in [0.2, 0.25) is 0 Å². The normalized spacial score (nSPS) is 13.2. The van der Waals surface area contributed by atoms with Crippen LogP contribution in [0.5, 0.6) is 0 Å². The highest BCUT2D eigenvalue weighted by Crippen LogP contribution is 2.15. The summed E-state index contributed by atoms with van der Waals surface area (Å²) in [5.41, 5.74) is 0.405. The molecule has 10 nitrogen and oxygen atoms in total. The van der Waals surface area contributed by atoms with E-state index in [1.54, 1.807) is 6.07 Å². The Bertz CT molecular complexity index is 829. The first-order valence-corrected chi connectivity index (χ1v) is 9.17. The number of halogens is 1. The third kappa shape index (κ3) is 8.03. The molecular formula is C20H25FN2O8. The zero-order chi connectivity index (χ0) is 23.6. The van der Waals surface area contributed by atoms with Crippen LogP contribution >= 0.6 is 0 Å². The van der Waals surface area contributed by atoms with Gasteiger partial charge in [-0.15, -0.1) is 0 Å². The Kier molecular flexibility index (Phi) is 10.1. The number of nitrogens with one attached hydrogen (secondary N) is 2. The van der Waals surface area contributed by atoms with Crippen molar-refractivity contribution in [3.05, 3.63) is 35.6 Å². The zero-order valence-corrected chi connectivity index (χ0v) is 17.6. The topological polar surface area (TPSA) is 137 Å². The smallest absolute Gasteiger partial charge is 0.329 e. The fourth-order valence-corrected chi connectivity index (χ4v) is 2.81. The van der Waals surface area contributed by atoms with Crippen molar-refractivity contribution >= 4 is 29.7 Å². The van der Waals surface area contributed by atoms with Crippen molar-refractivity contribution in [2.45, 2.75) is 31.8 Å². The van der Waals surface area contributed by atoms with Gasteiger partial charge in [0.05, 0.1) is 33.7 Å². The highest BCUT2D eigenvalue weighted by Gasteiger charge is 2.39. The maximum atomic E-state index is 13.5. The van der Waals surface area contributed by atoms with Crippen LogP contribution in [0.25, 0.3) is 0 Å². The number of rotatable bonds is 10. The van der Waals surface area contributed by atoms with Crippen LogP contribution in [0, 0.1) is 11.7 Å². The van der Waals surface area contributed by atoms with Crippen LogP contribution in [-0.4, -0.2) is 63.1 Å². The molecule has 0 saturated carbocycles. The Morgan fingerprint density at radius 3 is 2.13 bits per heavy atom. The van der Waals surface area contributed by atoms with Gasteiger partial charge in [0.25, 0.3) is 0 Å². The molecule has 0 radical (unpaired) electrons. The maximum Gasteiger partial charge on any atom is 0.329 e. The average molecular weight is 440 g/mol. The molecule has 0 aliphatic heterocycles. The lowest BCUT2D eigenvalue weighted by molar-refractivity contribution is -0.159. The molecule has 11 heteroatoms. The summed E-state index contributed by atoms with van der Waals surface area (Å²) >= 11 is 0. The van der Waals surface area contributed by atoms with Crippen molar-refractivity contribution in [2.24, 2.45) is 5.92 Å². The van der Waals surface area contributed by atoms with E-state index >= 15 is 0 Å². The first-order chi connectivity index (χ1) is 14.6. The van der Waals surface area contributed by atoms with Crippen LogP contribution in [0.3, 0.4) is 0 Å². The largest absolute Gasteiger partial charge is 0.469 e. The summed E-state index contributed by atoms with van der Waals surface area (Å²) < 4.78 is 27.3.